The highest BCUT2D eigenvalue weighted by molar-refractivity contribution is 5.28. The van der Waals surface area contributed by atoms with Crippen LogP contribution >= 0.6 is 0 Å². The molecule has 0 saturated heterocycles. The van der Waals surface area contributed by atoms with E-state index in [0.717, 1.165) is 12.0 Å². The molecule has 1 rings (SSSR count). The van der Waals surface area contributed by atoms with E-state index in [1.807, 2.05) is 13.8 Å². The van der Waals surface area contributed by atoms with Gasteiger partial charge in [-0.3, -0.25) is 0 Å². The van der Waals surface area contributed by atoms with E-state index in [-0.39, 0.29) is 5.95 Å². The summed E-state index contributed by atoms with van der Waals surface area (Å²) in [4.78, 5) is 7.79. The van der Waals surface area contributed by atoms with E-state index in [1.165, 1.54) is 0 Å². The molecule has 2 N–H and O–H groups in total. The van der Waals surface area contributed by atoms with Crippen molar-refractivity contribution < 1.29 is 4.74 Å². The summed E-state index contributed by atoms with van der Waals surface area (Å²) in [6, 6.07) is 0. The lowest BCUT2D eigenvalue weighted by Crippen LogP contribution is -2.03. The van der Waals surface area contributed by atoms with Crippen molar-refractivity contribution in [3.05, 3.63) is 11.8 Å². The number of nitrogens with two attached hydrogens (primary N) is 1. The Kier molecular flexibility index (Phi) is 2.85. The molecule has 4 nitrogen and oxygen atoms in total. The van der Waals surface area contributed by atoms with Crippen molar-refractivity contribution in [3.8, 4) is 5.88 Å². The van der Waals surface area contributed by atoms with Crippen LogP contribution in [0.25, 0.3) is 0 Å². The van der Waals surface area contributed by atoms with Crippen molar-refractivity contribution in [2.45, 2.75) is 20.3 Å². The average molecular weight is 167 g/mol. The maximum Gasteiger partial charge on any atom is 0.223 e. The SMILES string of the molecule is CCCOc1nc(N)ncc1C. The Morgan fingerprint density at radius 3 is 3.00 bits per heavy atom. The smallest absolute Gasteiger partial charge is 0.223 e. The molecule has 0 bridgehead atoms. The van der Waals surface area contributed by atoms with Crippen LogP contribution in [0.15, 0.2) is 6.20 Å². The van der Waals surface area contributed by atoms with Gasteiger partial charge in [0, 0.05) is 11.8 Å². The van der Waals surface area contributed by atoms with Crippen LogP contribution in [0.3, 0.4) is 0 Å². The van der Waals surface area contributed by atoms with Crippen LogP contribution in [0.2, 0.25) is 0 Å². The van der Waals surface area contributed by atoms with Gasteiger partial charge in [0.2, 0.25) is 11.8 Å². The molecule has 0 aromatic carbocycles. The highest BCUT2D eigenvalue weighted by atomic mass is 16.5. The highest BCUT2D eigenvalue weighted by Gasteiger charge is 2.01. The lowest BCUT2D eigenvalue weighted by Gasteiger charge is -2.05. The van der Waals surface area contributed by atoms with Gasteiger partial charge in [0.1, 0.15) is 0 Å². The van der Waals surface area contributed by atoms with Crippen LogP contribution in [0.5, 0.6) is 5.88 Å². The molecule has 0 amide bonds. The minimum atomic E-state index is 0.256. The minimum Gasteiger partial charge on any atom is -0.477 e. The molecule has 0 aliphatic carbocycles. The van der Waals surface area contributed by atoms with Gasteiger partial charge in [0.15, 0.2) is 0 Å². The number of rotatable bonds is 3. The molecule has 0 aliphatic rings. The number of hydrogen-bond donors (Lipinski definition) is 1. The fourth-order valence-corrected chi connectivity index (χ4v) is 0.784. The quantitative estimate of drug-likeness (QED) is 0.733. The largest absolute Gasteiger partial charge is 0.477 e. The molecular formula is C8H13N3O. The van der Waals surface area contributed by atoms with E-state index in [0.29, 0.717) is 12.5 Å². The predicted molar refractivity (Wildman–Crippen MR) is 47.0 cm³/mol. The number of aryl methyl sites for hydroxylation is 1. The molecule has 4 heteroatoms. The van der Waals surface area contributed by atoms with Gasteiger partial charge < -0.3 is 10.5 Å². The number of nitrogens with zero attached hydrogens (tertiary/aromatic N) is 2. The minimum absolute atomic E-state index is 0.256. The molecule has 1 aromatic rings. The van der Waals surface area contributed by atoms with Gasteiger partial charge in [0.25, 0.3) is 0 Å². The summed E-state index contributed by atoms with van der Waals surface area (Å²) < 4.78 is 5.34. The summed E-state index contributed by atoms with van der Waals surface area (Å²) in [5.41, 5.74) is 6.31. The lowest BCUT2D eigenvalue weighted by molar-refractivity contribution is 0.303. The summed E-state index contributed by atoms with van der Waals surface area (Å²) in [7, 11) is 0. The zero-order valence-corrected chi connectivity index (χ0v) is 7.37. The van der Waals surface area contributed by atoms with Crippen molar-refractivity contribution in [1.29, 1.82) is 0 Å². The Morgan fingerprint density at radius 2 is 2.33 bits per heavy atom. The number of aromatic nitrogens is 2. The summed E-state index contributed by atoms with van der Waals surface area (Å²) in [5, 5.41) is 0. The van der Waals surface area contributed by atoms with Gasteiger partial charge in [-0.25, -0.2) is 4.98 Å². The van der Waals surface area contributed by atoms with E-state index in [4.69, 9.17) is 10.5 Å². The summed E-state index contributed by atoms with van der Waals surface area (Å²) in [5.74, 6) is 0.844. The monoisotopic (exact) mass is 167 g/mol. The first-order valence-corrected chi connectivity index (χ1v) is 3.96. The molecule has 0 fully saturated rings. The van der Waals surface area contributed by atoms with Crippen LogP contribution < -0.4 is 10.5 Å². The van der Waals surface area contributed by atoms with Crippen molar-refractivity contribution in [3.63, 3.8) is 0 Å². The van der Waals surface area contributed by atoms with Crippen LogP contribution in [0.1, 0.15) is 18.9 Å². The summed E-state index contributed by atoms with van der Waals surface area (Å²) in [6.45, 7) is 4.60. The fourth-order valence-electron chi connectivity index (χ4n) is 0.784. The number of nitrogen functional groups attached to an aromatic ring is 1. The number of hydrogen-bond acceptors (Lipinski definition) is 4. The van der Waals surface area contributed by atoms with E-state index in [2.05, 4.69) is 9.97 Å². The Hall–Kier alpha value is -1.32. The molecule has 0 unspecified atom stereocenters. The van der Waals surface area contributed by atoms with Gasteiger partial charge in [-0.15, -0.1) is 0 Å². The number of ether oxygens (including phenoxy) is 1. The third-order valence-electron chi connectivity index (χ3n) is 1.39. The zero-order valence-electron chi connectivity index (χ0n) is 7.37. The molecule has 66 valence electrons. The topological polar surface area (TPSA) is 61.0 Å². The Labute approximate surface area is 71.8 Å². The molecule has 0 saturated carbocycles. The first-order valence-electron chi connectivity index (χ1n) is 3.96. The standard InChI is InChI=1S/C8H13N3O/c1-3-4-12-7-6(2)5-10-8(9)11-7/h5H,3-4H2,1-2H3,(H2,9,10,11). The normalized spacial score (nSPS) is 9.83. The van der Waals surface area contributed by atoms with E-state index in [1.54, 1.807) is 6.20 Å². The molecular weight excluding hydrogens is 154 g/mol. The van der Waals surface area contributed by atoms with E-state index in [9.17, 15) is 0 Å². The summed E-state index contributed by atoms with van der Waals surface area (Å²) >= 11 is 0. The van der Waals surface area contributed by atoms with E-state index >= 15 is 0 Å². The van der Waals surface area contributed by atoms with Crippen molar-refractivity contribution in [2.75, 3.05) is 12.3 Å². The molecule has 1 heterocycles. The van der Waals surface area contributed by atoms with Crippen molar-refractivity contribution in [1.82, 2.24) is 9.97 Å². The van der Waals surface area contributed by atoms with E-state index < -0.39 is 0 Å². The van der Waals surface area contributed by atoms with Gasteiger partial charge in [0.05, 0.1) is 6.61 Å². The number of anilines is 1. The predicted octanol–water partition coefficient (Wildman–Crippen LogP) is 1.16. The van der Waals surface area contributed by atoms with Gasteiger partial charge in [-0.1, -0.05) is 6.92 Å². The third kappa shape index (κ3) is 2.08. The van der Waals surface area contributed by atoms with Crippen molar-refractivity contribution in [2.24, 2.45) is 0 Å². The first-order chi connectivity index (χ1) is 5.74. The zero-order chi connectivity index (χ0) is 8.97. The molecule has 0 aliphatic heterocycles. The average Bonchev–Trinajstić information content (AvgIpc) is 2.07. The van der Waals surface area contributed by atoms with Gasteiger partial charge >= 0.3 is 0 Å². The lowest BCUT2D eigenvalue weighted by atomic mass is 10.4. The Bertz CT molecular complexity index is 262. The van der Waals surface area contributed by atoms with Crippen LogP contribution in [0, 0.1) is 6.92 Å². The second-order valence-corrected chi connectivity index (χ2v) is 2.56. The second kappa shape index (κ2) is 3.90. The second-order valence-electron chi connectivity index (χ2n) is 2.56. The van der Waals surface area contributed by atoms with Gasteiger partial charge in [-0.2, -0.15) is 4.98 Å². The maximum atomic E-state index is 5.40. The third-order valence-corrected chi connectivity index (χ3v) is 1.39. The summed E-state index contributed by atoms with van der Waals surface area (Å²) in [6.07, 6.45) is 2.62. The highest BCUT2D eigenvalue weighted by Crippen LogP contribution is 2.13. The maximum absolute atomic E-state index is 5.40. The first kappa shape index (κ1) is 8.77. The molecule has 0 atom stereocenters. The molecule has 0 radical (unpaired) electrons. The molecule has 1 aromatic heterocycles. The van der Waals surface area contributed by atoms with Crippen molar-refractivity contribution >= 4 is 5.95 Å². The van der Waals surface area contributed by atoms with Gasteiger partial charge in [-0.05, 0) is 13.3 Å². The van der Waals surface area contributed by atoms with Crippen LogP contribution in [-0.2, 0) is 0 Å². The molecule has 0 spiro atoms. The van der Waals surface area contributed by atoms with Crippen LogP contribution in [0.4, 0.5) is 5.95 Å². The fraction of sp³-hybridized carbons (Fsp3) is 0.500. The molecule has 12 heavy (non-hydrogen) atoms. The Balaban J connectivity index is 2.75. The Morgan fingerprint density at radius 1 is 1.58 bits per heavy atom. The van der Waals surface area contributed by atoms with Crippen LogP contribution in [-0.4, -0.2) is 16.6 Å².